The topological polar surface area (TPSA) is 72.6 Å². The van der Waals surface area contributed by atoms with Crippen molar-refractivity contribution in [1.82, 2.24) is 4.31 Å². The smallest absolute Gasteiger partial charge is 0.246 e. The van der Waals surface area contributed by atoms with E-state index in [9.17, 15) is 8.42 Å². The van der Waals surface area contributed by atoms with Gasteiger partial charge in [-0.15, -0.1) is 0 Å². The van der Waals surface area contributed by atoms with Gasteiger partial charge in [-0.3, -0.25) is 0 Å². The third kappa shape index (κ3) is 3.63. The normalized spacial score (nSPS) is 19.3. The van der Waals surface area contributed by atoms with E-state index in [1.807, 2.05) is 0 Å². The highest BCUT2D eigenvalue weighted by Crippen LogP contribution is 2.33. The van der Waals surface area contributed by atoms with Crippen LogP contribution in [0, 0.1) is 0 Å². The zero-order valence-corrected chi connectivity index (χ0v) is 14.0. The molecule has 5 nitrogen and oxygen atoms in total. The van der Waals surface area contributed by atoms with Gasteiger partial charge in [0, 0.05) is 24.7 Å². The van der Waals surface area contributed by atoms with Crippen molar-refractivity contribution in [2.75, 3.05) is 25.4 Å². The molecule has 0 radical (unpaired) electrons. The number of ether oxygens (including phenoxy) is 1. The van der Waals surface area contributed by atoms with E-state index in [0.717, 1.165) is 12.8 Å². The largest absolute Gasteiger partial charge is 0.398 e. The number of nitrogen functional groups attached to an aromatic ring is 1. The lowest BCUT2D eigenvalue weighted by molar-refractivity contribution is 0.0947. The molecular formula is C13H18Cl2N2O3S. The van der Waals surface area contributed by atoms with Gasteiger partial charge < -0.3 is 10.5 Å². The Morgan fingerprint density at radius 2 is 2.14 bits per heavy atom. The summed E-state index contributed by atoms with van der Waals surface area (Å²) in [5, 5.41) is 0.337. The van der Waals surface area contributed by atoms with E-state index in [1.165, 1.54) is 16.4 Å². The van der Waals surface area contributed by atoms with Crippen LogP contribution in [-0.2, 0) is 14.8 Å². The summed E-state index contributed by atoms with van der Waals surface area (Å²) in [5.41, 5.74) is 5.86. The van der Waals surface area contributed by atoms with Gasteiger partial charge >= 0.3 is 0 Å². The molecule has 2 rings (SSSR count). The fourth-order valence-electron chi connectivity index (χ4n) is 2.39. The molecule has 0 spiro atoms. The zero-order chi connectivity index (χ0) is 15.6. The van der Waals surface area contributed by atoms with Crippen LogP contribution in [0.5, 0.6) is 0 Å². The van der Waals surface area contributed by atoms with Crippen LogP contribution in [0.2, 0.25) is 10.0 Å². The van der Waals surface area contributed by atoms with Gasteiger partial charge in [0.2, 0.25) is 10.0 Å². The van der Waals surface area contributed by atoms with Crippen LogP contribution >= 0.6 is 23.2 Å². The highest BCUT2D eigenvalue weighted by Gasteiger charge is 2.31. The molecule has 0 bridgehead atoms. The molecule has 8 heteroatoms. The van der Waals surface area contributed by atoms with E-state index in [2.05, 4.69) is 0 Å². The van der Waals surface area contributed by atoms with E-state index in [1.54, 1.807) is 6.92 Å². The number of likely N-dealkylation sites (N-methyl/N-ethyl adjacent to an activating group) is 1. The number of nitrogens with zero attached hydrogens (tertiary/aromatic N) is 1. The van der Waals surface area contributed by atoms with Gasteiger partial charge in [0.25, 0.3) is 0 Å². The minimum absolute atomic E-state index is 0.0331. The van der Waals surface area contributed by atoms with Crippen molar-refractivity contribution in [3.63, 3.8) is 0 Å². The molecule has 1 aromatic rings. The Balaban J connectivity index is 2.35. The molecule has 1 heterocycles. The molecule has 1 aliphatic rings. The van der Waals surface area contributed by atoms with Gasteiger partial charge in [-0.1, -0.05) is 30.1 Å². The summed E-state index contributed by atoms with van der Waals surface area (Å²) in [6.45, 7) is 3.07. The molecule has 1 saturated heterocycles. The van der Waals surface area contributed by atoms with Crippen LogP contribution in [0.3, 0.4) is 0 Å². The van der Waals surface area contributed by atoms with Crippen molar-refractivity contribution in [2.24, 2.45) is 0 Å². The molecular weight excluding hydrogens is 335 g/mol. The van der Waals surface area contributed by atoms with Crippen LogP contribution in [0.1, 0.15) is 19.8 Å². The van der Waals surface area contributed by atoms with E-state index in [4.69, 9.17) is 33.7 Å². The summed E-state index contributed by atoms with van der Waals surface area (Å²) in [7, 11) is -3.78. The summed E-state index contributed by atoms with van der Waals surface area (Å²) >= 11 is 11.9. The van der Waals surface area contributed by atoms with Gasteiger partial charge in [-0.2, -0.15) is 4.31 Å². The lowest BCUT2D eigenvalue weighted by Gasteiger charge is -2.24. The van der Waals surface area contributed by atoms with E-state index >= 15 is 0 Å². The third-order valence-corrected chi connectivity index (χ3v) is 6.11. The number of halogens is 2. The van der Waals surface area contributed by atoms with Gasteiger partial charge in [0.15, 0.2) is 0 Å². The van der Waals surface area contributed by atoms with Gasteiger partial charge in [-0.05, 0) is 25.0 Å². The van der Waals surface area contributed by atoms with Crippen molar-refractivity contribution in [1.29, 1.82) is 0 Å². The van der Waals surface area contributed by atoms with Gasteiger partial charge in [0.05, 0.1) is 16.8 Å². The molecule has 21 heavy (non-hydrogen) atoms. The maximum Gasteiger partial charge on any atom is 0.246 e. The van der Waals surface area contributed by atoms with Crippen LogP contribution in [0.15, 0.2) is 17.0 Å². The summed E-state index contributed by atoms with van der Waals surface area (Å²) in [5.74, 6) is 0. The highest BCUT2D eigenvalue weighted by molar-refractivity contribution is 7.89. The molecule has 1 aromatic carbocycles. The Hall–Kier alpha value is -0.530. The van der Waals surface area contributed by atoms with Crippen LogP contribution < -0.4 is 5.73 Å². The molecule has 1 atom stereocenters. The molecule has 1 aliphatic heterocycles. The lowest BCUT2D eigenvalue weighted by Crippen LogP contribution is -2.37. The lowest BCUT2D eigenvalue weighted by atomic mass is 10.2. The Labute approximate surface area is 135 Å². The summed E-state index contributed by atoms with van der Waals surface area (Å²) in [4.78, 5) is -0.0894. The fourth-order valence-corrected chi connectivity index (χ4v) is 4.82. The Bertz CT molecular complexity index is 593. The number of hydrogen-bond donors (Lipinski definition) is 1. The van der Waals surface area contributed by atoms with Crippen molar-refractivity contribution >= 4 is 38.9 Å². The predicted molar refractivity (Wildman–Crippen MR) is 84.3 cm³/mol. The number of nitrogens with two attached hydrogens (primary N) is 1. The second-order valence-electron chi connectivity index (χ2n) is 4.90. The van der Waals surface area contributed by atoms with Crippen molar-refractivity contribution < 1.29 is 13.2 Å². The average Bonchev–Trinajstić information content (AvgIpc) is 2.86. The minimum Gasteiger partial charge on any atom is -0.398 e. The molecule has 0 aromatic heterocycles. The molecule has 1 fully saturated rings. The van der Waals surface area contributed by atoms with Crippen LogP contribution in [-0.4, -0.2) is 38.5 Å². The minimum atomic E-state index is -3.78. The van der Waals surface area contributed by atoms with Crippen LogP contribution in [0.25, 0.3) is 0 Å². The SMILES string of the molecule is CCN(CC1CCCO1)S(=O)(=O)c1c(N)cc(Cl)cc1Cl. The van der Waals surface area contributed by atoms with Gasteiger partial charge in [0.1, 0.15) is 4.90 Å². The summed E-state index contributed by atoms with van der Waals surface area (Å²) in [6.07, 6.45) is 1.73. The van der Waals surface area contributed by atoms with Crippen molar-refractivity contribution in [2.45, 2.75) is 30.8 Å². The maximum absolute atomic E-state index is 12.8. The van der Waals surface area contributed by atoms with Crippen molar-refractivity contribution in [3.8, 4) is 0 Å². The monoisotopic (exact) mass is 352 g/mol. The zero-order valence-electron chi connectivity index (χ0n) is 11.7. The molecule has 0 saturated carbocycles. The average molecular weight is 353 g/mol. The Morgan fingerprint density at radius 1 is 1.43 bits per heavy atom. The van der Waals surface area contributed by atoms with Gasteiger partial charge in [-0.25, -0.2) is 8.42 Å². The summed E-state index contributed by atoms with van der Waals surface area (Å²) in [6, 6.07) is 2.77. The number of sulfonamides is 1. The molecule has 0 amide bonds. The van der Waals surface area contributed by atoms with E-state index in [0.29, 0.717) is 24.7 Å². The number of anilines is 1. The molecule has 1 unspecified atom stereocenters. The Kier molecular flexibility index (Phi) is 5.38. The second kappa shape index (κ2) is 6.71. The fraction of sp³-hybridized carbons (Fsp3) is 0.538. The predicted octanol–water partition coefficient (Wildman–Crippen LogP) is 2.77. The first-order valence-corrected chi connectivity index (χ1v) is 8.92. The second-order valence-corrected chi connectivity index (χ2v) is 7.62. The van der Waals surface area contributed by atoms with Crippen molar-refractivity contribution in [3.05, 3.63) is 22.2 Å². The first kappa shape index (κ1) is 16.8. The molecule has 118 valence electrons. The van der Waals surface area contributed by atoms with E-state index in [-0.39, 0.29) is 21.7 Å². The van der Waals surface area contributed by atoms with Crippen LogP contribution in [0.4, 0.5) is 5.69 Å². The number of hydrogen-bond acceptors (Lipinski definition) is 4. The molecule has 2 N–H and O–H groups in total. The highest BCUT2D eigenvalue weighted by atomic mass is 35.5. The Morgan fingerprint density at radius 3 is 2.67 bits per heavy atom. The third-order valence-electron chi connectivity index (χ3n) is 3.42. The standard InChI is InChI=1S/C13H18Cl2N2O3S/c1-2-17(8-10-4-3-5-20-10)21(18,19)13-11(15)6-9(14)7-12(13)16/h6-7,10H,2-5,8,16H2,1H3. The van der Waals surface area contributed by atoms with E-state index < -0.39 is 10.0 Å². The molecule has 0 aliphatic carbocycles. The number of rotatable bonds is 5. The quantitative estimate of drug-likeness (QED) is 0.827. The first-order valence-electron chi connectivity index (χ1n) is 6.72. The first-order chi connectivity index (χ1) is 9.86. The maximum atomic E-state index is 12.8. The summed E-state index contributed by atoms with van der Waals surface area (Å²) < 4.78 is 32.4. The number of benzene rings is 1.